The average Bonchev–Trinajstić information content (AvgIpc) is 2.82. The van der Waals surface area contributed by atoms with E-state index in [0.29, 0.717) is 48.4 Å². The molecule has 0 radical (unpaired) electrons. The van der Waals surface area contributed by atoms with Gasteiger partial charge in [0.25, 0.3) is 0 Å². The lowest BCUT2D eigenvalue weighted by Crippen LogP contribution is -2.03. The van der Waals surface area contributed by atoms with Crippen molar-refractivity contribution in [2.24, 2.45) is 0 Å². The quantitative estimate of drug-likeness (QED) is 0.276. The third-order valence-electron chi connectivity index (χ3n) is 4.70. The predicted octanol–water partition coefficient (Wildman–Crippen LogP) is 5.97. The van der Waals surface area contributed by atoms with Gasteiger partial charge < -0.3 is 18.9 Å². The molecule has 0 heterocycles. The first-order valence-corrected chi connectivity index (χ1v) is 10.6. The normalized spacial score (nSPS) is 10.7. The van der Waals surface area contributed by atoms with E-state index < -0.39 is 0 Å². The third kappa shape index (κ3) is 6.14. The molecule has 3 rings (SSSR count). The second-order valence-electron chi connectivity index (χ2n) is 6.90. The zero-order valence-corrected chi connectivity index (χ0v) is 18.7. The molecule has 0 spiro atoms. The molecule has 0 aliphatic rings. The van der Waals surface area contributed by atoms with E-state index in [-0.39, 0.29) is 5.78 Å². The van der Waals surface area contributed by atoms with Crippen molar-refractivity contribution in [3.8, 4) is 23.0 Å². The van der Waals surface area contributed by atoms with Crippen LogP contribution in [0.1, 0.15) is 35.3 Å². The molecule has 0 amide bonds. The number of rotatable bonds is 11. The van der Waals surface area contributed by atoms with Gasteiger partial charge in [-0.1, -0.05) is 30.3 Å². The van der Waals surface area contributed by atoms with Crippen LogP contribution >= 0.6 is 0 Å². The highest BCUT2D eigenvalue weighted by molar-refractivity contribution is 6.08. The van der Waals surface area contributed by atoms with Crippen LogP contribution in [0.25, 0.3) is 6.08 Å². The van der Waals surface area contributed by atoms with Crippen LogP contribution in [0.3, 0.4) is 0 Å². The summed E-state index contributed by atoms with van der Waals surface area (Å²) in [6.07, 6.45) is 3.24. The molecule has 3 aromatic rings. The highest BCUT2D eigenvalue weighted by Crippen LogP contribution is 2.28. The van der Waals surface area contributed by atoms with Crippen molar-refractivity contribution in [3.05, 3.63) is 89.5 Å². The molecule has 5 heteroatoms. The fourth-order valence-electron chi connectivity index (χ4n) is 3.15. The summed E-state index contributed by atoms with van der Waals surface area (Å²) in [5.74, 6) is 2.33. The topological polar surface area (TPSA) is 54.0 Å². The number of carbonyl (C=O) groups is 1. The number of carbonyl (C=O) groups excluding carboxylic acids is 1. The number of methoxy groups -OCH3 is 1. The minimum absolute atomic E-state index is 0.164. The standard InChI is InChI=1S/C27H28O5/c1-4-30-22-14-15-24(27(18-22)31-5-2)25(28)16-12-21-11-13-23(17-26(21)29-3)32-19-20-9-7-6-8-10-20/h6-18H,4-5,19H2,1-3H3. The Kier molecular flexibility index (Phi) is 8.32. The maximum Gasteiger partial charge on any atom is 0.189 e. The zero-order valence-electron chi connectivity index (χ0n) is 18.7. The van der Waals surface area contributed by atoms with E-state index in [4.69, 9.17) is 18.9 Å². The third-order valence-corrected chi connectivity index (χ3v) is 4.70. The van der Waals surface area contributed by atoms with Crippen LogP contribution in [0.2, 0.25) is 0 Å². The molecule has 3 aromatic carbocycles. The highest BCUT2D eigenvalue weighted by atomic mass is 16.5. The van der Waals surface area contributed by atoms with Crippen LogP contribution in [0, 0.1) is 0 Å². The van der Waals surface area contributed by atoms with Gasteiger partial charge in [0.1, 0.15) is 29.6 Å². The summed E-state index contributed by atoms with van der Waals surface area (Å²) in [4.78, 5) is 12.8. The molecule has 5 nitrogen and oxygen atoms in total. The molecular weight excluding hydrogens is 404 g/mol. The van der Waals surface area contributed by atoms with Crippen molar-refractivity contribution in [1.29, 1.82) is 0 Å². The molecular formula is C27H28O5. The van der Waals surface area contributed by atoms with E-state index >= 15 is 0 Å². The lowest BCUT2D eigenvalue weighted by Gasteiger charge is -2.11. The largest absolute Gasteiger partial charge is 0.496 e. The van der Waals surface area contributed by atoms with E-state index in [1.165, 1.54) is 6.08 Å². The zero-order chi connectivity index (χ0) is 22.8. The van der Waals surface area contributed by atoms with Crippen LogP contribution in [0.15, 0.2) is 72.8 Å². The van der Waals surface area contributed by atoms with Gasteiger partial charge in [-0.2, -0.15) is 0 Å². The van der Waals surface area contributed by atoms with Gasteiger partial charge in [-0.05, 0) is 55.8 Å². The Labute approximate surface area is 189 Å². The first kappa shape index (κ1) is 22.9. The Balaban J connectivity index is 1.74. The second-order valence-corrected chi connectivity index (χ2v) is 6.90. The number of ketones is 1. The average molecular weight is 433 g/mol. The fourth-order valence-corrected chi connectivity index (χ4v) is 3.15. The maximum atomic E-state index is 12.8. The van der Waals surface area contributed by atoms with E-state index in [1.807, 2.05) is 62.4 Å². The molecule has 0 bridgehead atoms. The molecule has 0 aliphatic carbocycles. The fraction of sp³-hybridized carbons (Fsp3) is 0.222. The molecule has 0 atom stereocenters. The Morgan fingerprint density at radius 2 is 1.50 bits per heavy atom. The van der Waals surface area contributed by atoms with Crippen molar-refractivity contribution in [2.45, 2.75) is 20.5 Å². The van der Waals surface area contributed by atoms with Gasteiger partial charge in [0.2, 0.25) is 0 Å². The number of hydrogen-bond donors (Lipinski definition) is 0. The van der Waals surface area contributed by atoms with Gasteiger partial charge in [0.15, 0.2) is 5.78 Å². The Bertz CT molecular complexity index is 1060. The van der Waals surface area contributed by atoms with Crippen LogP contribution < -0.4 is 18.9 Å². The van der Waals surface area contributed by atoms with Crippen LogP contribution in [0.5, 0.6) is 23.0 Å². The lowest BCUT2D eigenvalue weighted by atomic mass is 10.1. The summed E-state index contributed by atoms with van der Waals surface area (Å²) < 4.78 is 22.5. The van der Waals surface area contributed by atoms with E-state index in [0.717, 1.165) is 11.1 Å². The highest BCUT2D eigenvalue weighted by Gasteiger charge is 2.12. The number of benzene rings is 3. The first-order valence-electron chi connectivity index (χ1n) is 10.6. The Morgan fingerprint density at radius 3 is 2.22 bits per heavy atom. The molecule has 0 saturated carbocycles. The second kappa shape index (κ2) is 11.6. The summed E-state index contributed by atoms with van der Waals surface area (Å²) in [5, 5.41) is 0. The van der Waals surface area contributed by atoms with E-state index in [2.05, 4.69) is 0 Å². The van der Waals surface area contributed by atoms with Gasteiger partial charge in [0.05, 0.1) is 25.9 Å². The molecule has 166 valence electrons. The summed E-state index contributed by atoms with van der Waals surface area (Å²) >= 11 is 0. The Morgan fingerprint density at radius 1 is 0.812 bits per heavy atom. The van der Waals surface area contributed by atoms with Gasteiger partial charge in [-0.15, -0.1) is 0 Å². The minimum Gasteiger partial charge on any atom is -0.496 e. The minimum atomic E-state index is -0.164. The maximum absolute atomic E-state index is 12.8. The number of allylic oxidation sites excluding steroid dienone is 1. The van der Waals surface area contributed by atoms with Crippen LogP contribution in [-0.2, 0) is 6.61 Å². The lowest BCUT2D eigenvalue weighted by molar-refractivity contribution is 0.104. The summed E-state index contributed by atoms with van der Waals surface area (Å²) in [6.45, 7) is 5.26. The molecule has 0 aromatic heterocycles. The SMILES string of the molecule is CCOc1ccc(C(=O)C=Cc2ccc(OCc3ccccc3)cc2OC)c(OCC)c1. The molecule has 0 aliphatic heterocycles. The van der Waals surface area contributed by atoms with Gasteiger partial charge in [0, 0.05) is 17.7 Å². The number of ether oxygens (including phenoxy) is 4. The van der Waals surface area contributed by atoms with Gasteiger partial charge in [-0.25, -0.2) is 0 Å². The summed E-state index contributed by atoms with van der Waals surface area (Å²) in [6, 6.07) is 20.7. The Hall–Kier alpha value is -3.73. The van der Waals surface area contributed by atoms with Crippen LogP contribution in [-0.4, -0.2) is 26.1 Å². The molecule has 32 heavy (non-hydrogen) atoms. The van der Waals surface area contributed by atoms with Crippen molar-refractivity contribution >= 4 is 11.9 Å². The van der Waals surface area contributed by atoms with Gasteiger partial charge >= 0.3 is 0 Å². The summed E-state index contributed by atoms with van der Waals surface area (Å²) in [7, 11) is 1.59. The van der Waals surface area contributed by atoms with Crippen molar-refractivity contribution in [3.63, 3.8) is 0 Å². The van der Waals surface area contributed by atoms with E-state index in [1.54, 1.807) is 31.4 Å². The summed E-state index contributed by atoms with van der Waals surface area (Å²) in [5.41, 5.74) is 2.34. The smallest absolute Gasteiger partial charge is 0.189 e. The molecule has 0 N–H and O–H groups in total. The molecule has 0 unspecified atom stereocenters. The van der Waals surface area contributed by atoms with Crippen molar-refractivity contribution < 1.29 is 23.7 Å². The molecule has 0 fully saturated rings. The molecule has 0 saturated heterocycles. The number of hydrogen-bond acceptors (Lipinski definition) is 5. The van der Waals surface area contributed by atoms with Gasteiger partial charge in [-0.3, -0.25) is 4.79 Å². The predicted molar refractivity (Wildman–Crippen MR) is 126 cm³/mol. The first-order chi connectivity index (χ1) is 15.6. The monoisotopic (exact) mass is 432 g/mol. The van der Waals surface area contributed by atoms with Crippen LogP contribution in [0.4, 0.5) is 0 Å². The van der Waals surface area contributed by atoms with Crippen molar-refractivity contribution in [2.75, 3.05) is 20.3 Å². The van der Waals surface area contributed by atoms with E-state index in [9.17, 15) is 4.79 Å². The van der Waals surface area contributed by atoms with Crippen molar-refractivity contribution in [1.82, 2.24) is 0 Å².